The van der Waals surface area contributed by atoms with Crippen molar-refractivity contribution in [1.29, 1.82) is 0 Å². The molecule has 0 unspecified atom stereocenters. The van der Waals surface area contributed by atoms with Crippen molar-refractivity contribution in [2.24, 2.45) is 11.8 Å². The molecule has 0 radical (unpaired) electrons. The molecule has 1 amide bonds. The van der Waals surface area contributed by atoms with Crippen LogP contribution in [0.15, 0.2) is 29.2 Å². The third-order valence-corrected chi connectivity index (χ3v) is 7.26. The van der Waals surface area contributed by atoms with Gasteiger partial charge < -0.3 is 10.6 Å². The number of benzene rings is 1. The molecular formula is C19H31N3O3S. The monoisotopic (exact) mass is 381 g/mol. The maximum absolute atomic E-state index is 12.5. The summed E-state index contributed by atoms with van der Waals surface area (Å²) in [5, 5.41) is 6.27. The summed E-state index contributed by atoms with van der Waals surface area (Å²) in [6, 6.07) is 6.34. The molecule has 2 N–H and O–H groups in total. The Morgan fingerprint density at radius 1 is 1.23 bits per heavy atom. The Hall–Kier alpha value is -1.44. The van der Waals surface area contributed by atoms with Gasteiger partial charge in [0.2, 0.25) is 15.9 Å². The van der Waals surface area contributed by atoms with E-state index in [9.17, 15) is 13.2 Å². The molecular weight excluding hydrogens is 350 g/mol. The number of nitrogens with one attached hydrogen (secondary N) is 2. The molecule has 1 saturated carbocycles. The molecule has 1 aromatic rings. The number of rotatable bonds is 6. The highest BCUT2D eigenvalue weighted by molar-refractivity contribution is 7.89. The summed E-state index contributed by atoms with van der Waals surface area (Å²) in [6.07, 6.45) is 3.51. The van der Waals surface area contributed by atoms with Crippen molar-refractivity contribution in [2.45, 2.75) is 57.0 Å². The topological polar surface area (TPSA) is 78.5 Å². The van der Waals surface area contributed by atoms with Gasteiger partial charge in [0.1, 0.15) is 0 Å². The van der Waals surface area contributed by atoms with Gasteiger partial charge in [0.15, 0.2) is 0 Å². The van der Waals surface area contributed by atoms with E-state index in [2.05, 4.69) is 24.5 Å². The van der Waals surface area contributed by atoms with Gasteiger partial charge in [-0.15, -0.1) is 0 Å². The first kappa shape index (κ1) is 20.9. The van der Waals surface area contributed by atoms with E-state index in [-0.39, 0.29) is 16.8 Å². The summed E-state index contributed by atoms with van der Waals surface area (Å²) in [4.78, 5) is 12.7. The maximum atomic E-state index is 12.5. The maximum Gasteiger partial charge on any atom is 0.242 e. The van der Waals surface area contributed by atoms with Crippen molar-refractivity contribution in [3.8, 4) is 0 Å². The number of nitrogens with zero attached hydrogens (tertiary/aromatic N) is 1. The minimum Gasteiger partial charge on any atom is -0.325 e. The van der Waals surface area contributed by atoms with Crippen LogP contribution in [0.3, 0.4) is 0 Å². The molecule has 26 heavy (non-hydrogen) atoms. The van der Waals surface area contributed by atoms with Crippen molar-refractivity contribution in [3.05, 3.63) is 24.3 Å². The zero-order valence-electron chi connectivity index (χ0n) is 16.3. The molecule has 7 heteroatoms. The van der Waals surface area contributed by atoms with Crippen molar-refractivity contribution in [1.82, 2.24) is 9.62 Å². The predicted octanol–water partition coefficient (Wildman–Crippen LogP) is 2.68. The number of sulfonamides is 1. The average molecular weight is 382 g/mol. The molecule has 1 aliphatic carbocycles. The SMILES string of the molecule is C[C@H]1[C@@H](N[C@@H](C)C(=O)Nc2cccc(S(=O)(=O)N(C)C)c2)CCC[C@@H]1C. The van der Waals surface area contributed by atoms with Gasteiger partial charge in [-0.05, 0) is 43.4 Å². The van der Waals surface area contributed by atoms with Gasteiger partial charge in [-0.3, -0.25) is 4.79 Å². The summed E-state index contributed by atoms with van der Waals surface area (Å²) >= 11 is 0. The normalized spacial score (nSPS) is 25.1. The highest BCUT2D eigenvalue weighted by Gasteiger charge is 2.29. The third kappa shape index (κ3) is 4.84. The zero-order valence-corrected chi connectivity index (χ0v) is 17.1. The molecule has 0 aromatic heterocycles. The largest absolute Gasteiger partial charge is 0.325 e. The number of hydrogen-bond acceptors (Lipinski definition) is 4. The third-order valence-electron chi connectivity index (χ3n) is 5.44. The molecule has 1 aliphatic rings. The van der Waals surface area contributed by atoms with E-state index in [1.165, 1.54) is 39.1 Å². The second-order valence-electron chi connectivity index (χ2n) is 7.57. The van der Waals surface area contributed by atoms with Crippen LogP contribution in [0.1, 0.15) is 40.0 Å². The Kier molecular flexibility index (Phi) is 6.82. The van der Waals surface area contributed by atoms with E-state index in [0.717, 1.165) is 10.7 Å². The van der Waals surface area contributed by atoms with Gasteiger partial charge in [0.25, 0.3) is 0 Å². The van der Waals surface area contributed by atoms with Gasteiger partial charge in [-0.2, -0.15) is 0 Å². The standard InChI is InChI=1S/C19H31N3O3S/c1-13-8-6-11-18(14(13)2)20-15(3)19(23)21-16-9-7-10-17(12-16)26(24,25)22(4)5/h7,9-10,12-15,18,20H,6,8,11H2,1-5H3,(H,21,23)/t13-,14+,15-,18-/m0/s1. The lowest BCUT2D eigenvalue weighted by Gasteiger charge is -2.36. The van der Waals surface area contributed by atoms with Crippen molar-refractivity contribution in [3.63, 3.8) is 0 Å². The summed E-state index contributed by atoms with van der Waals surface area (Å²) in [5.74, 6) is 1.03. The Labute approximate surface area is 157 Å². The molecule has 146 valence electrons. The fourth-order valence-corrected chi connectivity index (χ4v) is 4.36. The van der Waals surface area contributed by atoms with E-state index in [0.29, 0.717) is 23.6 Å². The number of amides is 1. The summed E-state index contributed by atoms with van der Waals surface area (Å²) in [6.45, 7) is 6.35. The lowest BCUT2D eigenvalue weighted by Crippen LogP contribution is -2.49. The van der Waals surface area contributed by atoms with Crippen LogP contribution in [0.4, 0.5) is 5.69 Å². The minimum atomic E-state index is -3.53. The lowest BCUT2D eigenvalue weighted by molar-refractivity contribution is -0.118. The van der Waals surface area contributed by atoms with E-state index in [1.807, 2.05) is 6.92 Å². The van der Waals surface area contributed by atoms with Crippen molar-refractivity contribution >= 4 is 21.6 Å². The van der Waals surface area contributed by atoms with Crippen LogP contribution >= 0.6 is 0 Å². The van der Waals surface area contributed by atoms with E-state index in [1.54, 1.807) is 12.1 Å². The summed E-state index contributed by atoms with van der Waals surface area (Å²) in [7, 11) is -0.555. The van der Waals surface area contributed by atoms with E-state index >= 15 is 0 Å². The Morgan fingerprint density at radius 2 is 1.92 bits per heavy atom. The van der Waals surface area contributed by atoms with Crippen LogP contribution in [0, 0.1) is 11.8 Å². The van der Waals surface area contributed by atoms with E-state index < -0.39 is 10.0 Å². The highest BCUT2D eigenvalue weighted by Crippen LogP contribution is 2.29. The van der Waals surface area contributed by atoms with Crippen LogP contribution < -0.4 is 10.6 Å². The minimum absolute atomic E-state index is 0.158. The fraction of sp³-hybridized carbons (Fsp3) is 0.632. The summed E-state index contributed by atoms with van der Waals surface area (Å²) in [5.41, 5.74) is 0.483. The number of carbonyl (C=O) groups excluding carboxylic acids is 1. The van der Waals surface area contributed by atoms with Crippen molar-refractivity contribution in [2.75, 3.05) is 19.4 Å². The Morgan fingerprint density at radius 3 is 2.58 bits per heavy atom. The number of hydrogen-bond donors (Lipinski definition) is 2. The van der Waals surface area contributed by atoms with Crippen LogP contribution in [0.2, 0.25) is 0 Å². The molecule has 2 rings (SSSR count). The molecule has 0 bridgehead atoms. The first-order valence-electron chi connectivity index (χ1n) is 9.22. The van der Waals surface area contributed by atoms with Gasteiger partial charge in [-0.1, -0.05) is 32.8 Å². The Bertz CT molecular complexity index is 733. The zero-order chi connectivity index (χ0) is 19.5. The predicted molar refractivity (Wildman–Crippen MR) is 105 cm³/mol. The smallest absolute Gasteiger partial charge is 0.242 e. The van der Waals surface area contributed by atoms with Crippen molar-refractivity contribution < 1.29 is 13.2 Å². The van der Waals surface area contributed by atoms with Gasteiger partial charge >= 0.3 is 0 Å². The van der Waals surface area contributed by atoms with Crippen LogP contribution in [-0.2, 0) is 14.8 Å². The molecule has 0 spiro atoms. The number of carbonyl (C=O) groups is 1. The molecule has 1 aromatic carbocycles. The van der Waals surface area contributed by atoms with E-state index in [4.69, 9.17) is 0 Å². The second-order valence-corrected chi connectivity index (χ2v) is 9.72. The van der Waals surface area contributed by atoms with Crippen LogP contribution in [0.5, 0.6) is 0 Å². The summed E-state index contributed by atoms with van der Waals surface area (Å²) < 4.78 is 25.6. The van der Waals surface area contributed by atoms with Gasteiger partial charge in [0.05, 0.1) is 10.9 Å². The quantitative estimate of drug-likeness (QED) is 0.794. The highest BCUT2D eigenvalue weighted by atomic mass is 32.2. The van der Waals surface area contributed by atoms with Crippen LogP contribution in [0.25, 0.3) is 0 Å². The molecule has 1 fully saturated rings. The average Bonchev–Trinajstić information content (AvgIpc) is 2.59. The first-order valence-corrected chi connectivity index (χ1v) is 10.7. The molecule has 0 aliphatic heterocycles. The lowest BCUT2D eigenvalue weighted by atomic mass is 9.78. The molecule has 0 heterocycles. The molecule has 4 atom stereocenters. The number of anilines is 1. The molecule has 0 saturated heterocycles. The first-order chi connectivity index (χ1) is 12.1. The van der Waals surface area contributed by atoms with Crippen LogP contribution in [-0.4, -0.2) is 44.8 Å². The second kappa shape index (κ2) is 8.50. The fourth-order valence-electron chi connectivity index (χ4n) is 3.41. The van der Waals surface area contributed by atoms with Gasteiger partial charge in [0, 0.05) is 25.8 Å². The molecule has 6 nitrogen and oxygen atoms in total. The van der Waals surface area contributed by atoms with Gasteiger partial charge in [-0.25, -0.2) is 12.7 Å². The Balaban J connectivity index is 2.03.